The highest BCUT2D eigenvalue weighted by molar-refractivity contribution is 5.63. The highest BCUT2D eigenvalue weighted by Crippen LogP contribution is 2.21. The van der Waals surface area contributed by atoms with E-state index in [2.05, 4.69) is 62.4 Å². The smallest absolute Gasteiger partial charge is 0.0184 e. The van der Waals surface area contributed by atoms with Crippen LogP contribution in [0.2, 0.25) is 0 Å². The van der Waals surface area contributed by atoms with E-state index in [4.69, 9.17) is 0 Å². The third-order valence-electron chi connectivity index (χ3n) is 3.66. The Morgan fingerprint density at radius 1 is 0.684 bits per heavy atom. The van der Waals surface area contributed by atoms with Crippen LogP contribution in [-0.2, 0) is 6.42 Å². The molecule has 0 aliphatic heterocycles. The fourth-order valence-corrected chi connectivity index (χ4v) is 2.37. The molecule has 0 amide bonds. The first-order valence-electron chi connectivity index (χ1n) is 7.45. The van der Waals surface area contributed by atoms with Gasteiger partial charge in [0.1, 0.15) is 0 Å². The van der Waals surface area contributed by atoms with Crippen molar-refractivity contribution >= 4 is 0 Å². The van der Waals surface area contributed by atoms with Gasteiger partial charge in [-0.15, -0.1) is 0 Å². The molecular weight excluding hydrogens is 228 g/mol. The van der Waals surface area contributed by atoms with Gasteiger partial charge in [0.2, 0.25) is 0 Å². The van der Waals surface area contributed by atoms with Gasteiger partial charge >= 0.3 is 0 Å². The van der Waals surface area contributed by atoms with E-state index in [0.29, 0.717) is 0 Å². The molecular formula is C19H24. The van der Waals surface area contributed by atoms with E-state index in [1.807, 2.05) is 0 Å². The van der Waals surface area contributed by atoms with Gasteiger partial charge in [-0.25, -0.2) is 0 Å². The fourth-order valence-electron chi connectivity index (χ4n) is 2.37. The Kier molecular flexibility index (Phi) is 5.20. The zero-order valence-electron chi connectivity index (χ0n) is 12.2. The molecule has 0 fully saturated rings. The van der Waals surface area contributed by atoms with Gasteiger partial charge in [-0.2, -0.15) is 0 Å². The van der Waals surface area contributed by atoms with Crippen LogP contribution in [0, 0.1) is 6.92 Å². The second-order valence-electron chi connectivity index (χ2n) is 5.37. The monoisotopic (exact) mass is 252 g/mol. The summed E-state index contributed by atoms with van der Waals surface area (Å²) in [4.78, 5) is 0. The standard InChI is InChI=1S/C19H24/c1-3-4-5-6-7-17-10-14-19(15-11-17)18-12-8-16(2)9-13-18/h8-15H,3-7H2,1-2H3. The predicted octanol–water partition coefficient (Wildman–Crippen LogP) is 5.78. The average molecular weight is 252 g/mol. The van der Waals surface area contributed by atoms with Crippen molar-refractivity contribution in [2.45, 2.75) is 46.0 Å². The van der Waals surface area contributed by atoms with Crippen LogP contribution < -0.4 is 0 Å². The molecule has 0 spiro atoms. The third-order valence-corrected chi connectivity index (χ3v) is 3.66. The number of rotatable bonds is 6. The number of aryl methyl sites for hydroxylation is 2. The second-order valence-corrected chi connectivity index (χ2v) is 5.37. The van der Waals surface area contributed by atoms with Crippen molar-refractivity contribution in [3.05, 3.63) is 59.7 Å². The minimum absolute atomic E-state index is 1.22. The van der Waals surface area contributed by atoms with Gasteiger partial charge in [0.25, 0.3) is 0 Å². The predicted molar refractivity (Wildman–Crippen MR) is 84.5 cm³/mol. The van der Waals surface area contributed by atoms with Crippen molar-refractivity contribution in [3.63, 3.8) is 0 Å². The maximum atomic E-state index is 2.28. The van der Waals surface area contributed by atoms with E-state index < -0.39 is 0 Å². The van der Waals surface area contributed by atoms with Crippen molar-refractivity contribution < 1.29 is 0 Å². The minimum Gasteiger partial charge on any atom is -0.0654 e. The lowest BCUT2D eigenvalue weighted by Gasteiger charge is -2.05. The summed E-state index contributed by atoms with van der Waals surface area (Å²) in [5.74, 6) is 0. The number of unbranched alkanes of at least 4 members (excludes halogenated alkanes) is 3. The molecule has 0 saturated carbocycles. The molecule has 0 nitrogen and oxygen atoms in total. The Bertz CT molecular complexity index is 476. The van der Waals surface area contributed by atoms with Crippen LogP contribution in [0.1, 0.15) is 43.7 Å². The lowest BCUT2D eigenvalue weighted by molar-refractivity contribution is 0.667. The van der Waals surface area contributed by atoms with Gasteiger partial charge in [0.05, 0.1) is 0 Å². The maximum absolute atomic E-state index is 2.28. The zero-order valence-corrected chi connectivity index (χ0v) is 12.2. The van der Waals surface area contributed by atoms with Crippen LogP contribution in [0.15, 0.2) is 48.5 Å². The largest absolute Gasteiger partial charge is 0.0654 e. The van der Waals surface area contributed by atoms with Crippen molar-refractivity contribution in [3.8, 4) is 11.1 Å². The molecule has 0 radical (unpaired) electrons. The Morgan fingerprint density at radius 2 is 1.26 bits per heavy atom. The van der Waals surface area contributed by atoms with Crippen LogP contribution in [0.25, 0.3) is 11.1 Å². The summed E-state index contributed by atoms with van der Waals surface area (Å²) in [5.41, 5.74) is 5.41. The highest BCUT2D eigenvalue weighted by atomic mass is 14.0. The van der Waals surface area contributed by atoms with Gasteiger partial charge in [-0.05, 0) is 36.5 Å². The molecule has 0 bridgehead atoms. The summed E-state index contributed by atoms with van der Waals surface area (Å²) < 4.78 is 0. The lowest BCUT2D eigenvalue weighted by Crippen LogP contribution is -1.86. The topological polar surface area (TPSA) is 0 Å². The van der Waals surface area contributed by atoms with Crippen LogP contribution in [0.3, 0.4) is 0 Å². The van der Waals surface area contributed by atoms with E-state index in [1.165, 1.54) is 54.4 Å². The molecule has 0 heteroatoms. The van der Waals surface area contributed by atoms with E-state index in [-0.39, 0.29) is 0 Å². The molecule has 0 heterocycles. The number of hydrogen-bond acceptors (Lipinski definition) is 0. The van der Waals surface area contributed by atoms with Crippen LogP contribution in [0.4, 0.5) is 0 Å². The van der Waals surface area contributed by atoms with Crippen molar-refractivity contribution in [1.29, 1.82) is 0 Å². The molecule has 0 aliphatic rings. The highest BCUT2D eigenvalue weighted by Gasteiger charge is 1.98. The molecule has 0 unspecified atom stereocenters. The summed E-state index contributed by atoms with van der Waals surface area (Å²) in [5, 5.41) is 0. The van der Waals surface area contributed by atoms with Crippen molar-refractivity contribution in [2.75, 3.05) is 0 Å². The van der Waals surface area contributed by atoms with E-state index in [9.17, 15) is 0 Å². The third kappa shape index (κ3) is 4.24. The minimum atomic E-state index is 1.22. The van der Waals surface area contributed by atoms with Gasteiger partial charge in [0.15, 0.2) is 0 Å². The van der Waals surface area contributed by atoms with Gasteiger partial charge < -0.3 is 0 Å². The number of benzene rings is 2. The summed E-state index contributed by atoms with van der Waals surface area (Å²) in [7, 11) is 0. The van der Waals surface area contributed by atoms with E-state index in [0.717, 1.165) is 0 Å². The molecule has 2 aromatic carbocycles. The van der Waals surface area contributed by atoms with E-state index >= 15 is 0 Å². The summed E-state index contributed by atoms with van der Waals surface area (Å²) in [6.07, 6.45) is 6.57. The van der Waals surface area contributed by atoms with Crippen molar-refractivity contribution in [1.82, 2.24) is 0 Å². The molecule has 0 atom stereocenters. The fraction of sp³-hybridized carbons (Fsp3) is 0.368. The molecule has 2 rings (SSSR count). The average Bonchev–Trinajstić information content (AvgIpc) is 2.45. The van der Waals surface area contributed by atoms with E-state index in [1.54, 1.807) is 0 Å². The molecule has 19 heavy (non-hydrogen) atoms. The summed E-state index contributed by atoms with van der Waals surface area (Å²) in [6.45, 7) is 4.39. The molecule has 100 valence electrons. The molecule has 0 saturated heterocycles. The van der Waals surface area contributed by atoms with Gasteiger partial charge in [-0.1, -0.05) is 80.3 Å². The van der Waals surface area contributed by atoms with Crippen LogP contribution in [-0.4, -0.2) is 0 Å². The quantitative estimate of drug-likeness (QED) is 0.571. The second kappa shape index (κ2) is 7.13. The van der Waals surface area contributed by atoms with Gasteiger partial charge in [0, 0.05) is 0 Å². The Balaban J connectivity index is 1.96. The first-order chi connectivity index (χ1) is 9.29. The SMILES string of the molecule is CCCCCCc1ccc(-c2ccc(C)cc2)cc1. The zero-order chi connectivity index (χ0) is 13.5. The Labute approximate surface area is 117 Å². The molecule has 0 N–H and O–H groups in total. The van der Waals surface area contributed by atoms with Crippen molar-refractivity contribution in [2.24, 2.45) is 0 Å². The maximum Gasteiger partial charge on any atom is -0.0184 e. The summed E-state index contributed by atoms with van der Waals surface area (Å²) in [6, 6.07) is 17.8. The normalized spacial score (nSPS) is 10.6. The van der Waals surface area contributed by atoms with Crippen LogP contribution >= 0.6 is 0 Å². The van der Waals surface area contributed by atoms with Crippen LogP contribution in [0.5, 0.6) is 0 Å². The first-order valence-corrected chi connectivity index (χ1v) is 7.45. The van der Waals surface area contributed by atoms with Gasteiger partial charge in [-0.3, -0.25) is 0 Å². The molecule has 0 aromatic heterocycles. The lowest BCUT2D eigenvalue weighted by atomic mass is 10.0. The summed E-state index contributed by atoms with van der Waals surface area (Å²) >= 11 is 0. The number of hydrogen-bond donors (Lipinski definition) is 0. The molecule has 0 aliphatic carbocycles. The Hall–Kier alpha value is -1.56. The molecule has 2 aromatic rings. The first kappa shape index (κ1) is 13.9. The Morgan fingerprint density at radius 3 is 1.84 bits per heavy atom.